The summed E-state index contributed by atoms with van der Waals surface area (Å²) in [6.45, 7) is 0. The minimum atomic E-state index is 0.536. The van der Waals surface area contributed by atoms with Gasteiger partial charge in [0.2, 0.25) is 0 Å². The highest BCUT2D eigenvalue weighted by atomic mass is 35.5. The zero-order valence-corrected chi connectivity index (χ0v) is 12.4. The van der Waals surface area contributed by atoms with Crippen LogP contribution < -0.4 is 0 Å². The Morgan fingerprint density at radius 3 is 2.55 bits per heavy atom. The molecule has 2 aromatic carbocycles. The maximum atomic E-state index is 6.26. The molecule has 0 saturated carbocycles. The second-order valence-corrected chi connectivity index (χ2v) is 5.62. The van der Waals surface area contributed by atoms with Crippen LogP contribution in [0, 0.1) is 0 Å². The van der Waals surface area contributed by atoms with Crippen LogP contribution in [0.2, 0.25) is 5.15 Å². The highest BCUT2D eigenvalue weighted by Crippen LogP contribution is 2.28. The van der Waals surface area contributed by atoms with E-state index < -0.39 is 0 Å². The van der Waals surface area contributed by atoms with E-state index in [2.05, 4.69) is 11.1 Å². The lowest BCUT2D eigenvalue weighted by atomic mass is 10.1. The van der Waals surface area contributed by atoms with Gasteiger partial charge in [-0.2, -0.15) is 0 Å². The van der Waals surface area contributed by atoms with Gasteiger partial charge in [-0.3, -0.25) is 0 Å². The van der Waals surface area contributed by atoms with Crippen molar-refractivity contribution in [2.75, 3.05) is 7.11 Å². The van der Waals surface area contributed by atoms with Crippen molar-refractivity contribution in [2.45, 2.75) is 4.90 Å². The molecule has 0 radical (unpaired) electrons. The second-order valence-electron chi connectivity index (χ2n) is 4.29. The van der Waals surface area contributed by atoms with Crippen LogP contribution in [0.1, 0.15) is 0 Å². The van der Waals surface area contributed by atoms with Gasteiger partial charge in [0.25, 0.3) is 0 Å². The van der Waals surface area contributed by atoms with Crippen molar-refractivity contribution in [3.63, 3.8) is 0 Å². The Morgan fingerprint density at radius 2 is 1.80 bits per heavy atom. The van der Waals surface area contributed by atoms with Crippen LogP contribution in [-0.2, 0) is 4.18 Å². The number of aromatic nitrogens is 1. The Hall–Kier alpha value is -1.55. The Labute approximate surface area is 127 Å². The standard InChI is InChI=1S/C16H12ClNOS/c1-19-20-13-8-6-11(7-9-13)15-10-12-4-2-3-5-14(12)16(17)18-15/h2-10H,1H3. The van der Waals surface area contributed by atoms with E-state index in [1.165, 1.54) is 12.0 Å². The van der Waals surface area contributed by atoms with Crippen LogP contribution in [-0.4, -0.2) is 12.1 Å². The molecule has 0 aliphatic heterocycles. The number of halogens is 1. The monoisotopic (exact) mass is 301 g/mol. The Balaban J connectivity index is 2.05. The molecule has 0 N–H and O–H groups in total. The molecule has 3 aromatic rings. The first-order valence-electron chi connectivity index (χ1n) is 6.14. The molecule has 4 heteroatoms. The third kappa shape index (κ3) is 2.66. The molecular formula is C16H12ClNOS. The van der Waals surface area contributed by atoms with Gasteiger partial charge in [-0.25, -0.2) is 4.98 Å². The first-order chi connectivity index (χ1) is 9.78. The summed E-state index contributed by atoms with van der Waals surface area (Å²) in [7, 11) is 1.66. The van der Waals surface area contributed by atoms with Gasteiger partial charge in [0.1, 0.15) is 5.15 Å². The molecule has 0 aliphatic carbocycles. The third-order valence-corrected chi connectivity index (χ3v) is 3.94. The molecule has 100 valence electrons. The van der Waals surface area contributed by atoms with Crippen LogP contribution in [0.25, 0.3) is 22.0 Å². The number of pyridine rings is 1. The summed E-state index contributed by atoms with van der Waals surface area (Å²) in [4.78, 5) is 5.53. The Kier molecular flexibility index (Phi) is 3.92. The lowest BCUT2D eigenvalue weighted by molar-refractivity contribution is 0.490. The molecule has 0 atom stereocenters. The van der Waals surface area contributed by atoms with Crippen molar-refractivity contribution in [1.29, 1.82) is 0 Å². The van der Waals surface area contributed by atoms with Crippen LogP contribution in [0.5, 0.6) is 0 Å². The third-order valence-electron chi connectivity index (χ3n) is 3.02. The highest BCUT2D eigenvalue weighted by Gasteiger charge is 2.06. The lowest BCUT2D eigenvalue weighted by Gasteiger charge is -2.06. The summed E-state index contributed by atoms with van der Waals surface area (Å²) < 4.78 is 5.03. The normalized spacial score (nSPS) is 10.9. The van der Waals surface area contributed by atoms with Gasteiger partial charge in [-0.05, 0) is 23.6 Å². The molecular weight excluding hydrogens is 290 g/mol. The topological polar surface area (TPSA) is 22.1 Å². The quantitative estimate of drug-likeness (QED) is 0.490. The van der Waals surface area contributed by atoms with Crippen LogP contribution in [0.15, 0.2) is 59.5 Å². The molecule has 0 amide bonds. The van der Waals surface area contributed by atoms with Gasteiger partial charge in [-0.15, -0.1) is 0 Å². The molecule has 20 heavy (non-hydrogen) atoms. The molecule has 1 heterocycles. The molecule has 0 unspecified atom stereocenters. The maximum absolute atomic E-state index is 6.26. The summed E-state index contributed by atoms with van der Waals surface area (Å²) in [5.41, 5.74) is 1.92. The number of rotatable bonds is 3. The average Bonchev–Trinajstić information content (AvgIpc) is 2.48. The summed E-state index contributed by atoms with van der Waals surface area (Å²) in [6.07, 6.45) is 0. The van der Waals surface area contributed by atoms with Crippen molar-refractivity contribution in [1.82, 2.24) is 4.98 Å². The zero-order chi connectivity index (χ0) is 13.9. The number of fused-ring (bicyclic) bond motifs is 1. The fraction of sp³-hybridized carbons (Fsp3) is 0.0625. The molecule has 0 fully saturated rings. The highest BCUT2D eigenvalue weighted by molar-refractivity contribution is 7.94. The predicted octanol–water partition coefficient (Wildman–Crippen LogP) is 5.21. The van der Waals surface area contributed by atoms with Crippen molar-refractivity contribution in [3.8, 4) is 11.3 Å². The van der Waals surface area contributed by atoms with Crippen LogP contribution >= 0.6 is 23.6 Å². The largest absolute Gasteiger partial charge is 0.314 e. The molecule has 0 saturated heterocycles. The molecule has 3 rings (SSSR count). The Bertz CT molecular complexity index is 743. The second kappa shape index (κ2) is 5.83. The minimum absolute atomic E-state index is 0.536. The van der Waals surface area contributed by atoms with Gasteiger partial charge in [0, 0.05) is 27.9 Å². The average molecular weight is 302 g/mol. The van der Waals surface area contributed by atoms with E-state index in [0.29, 0.717) is 5.15 Å². The van der Waals surface area contributed by atoms with Gasteiger partial charge >= 0.3 is 0 Å². The first kappa shape index (κ1) is 13.4. The van der Waals surface area contributed by atoms with E-state index in [1.807, 2.05) is 48.5 Å². The van der Waals surface area contributed by atoms with E-state index in [4.69, 9.17) is 15.8 Å². The number of nitrogens with zero attached hydrogens (tertiary/aromatic N) is 1. The van der Waals surface area contributed by atoms with Crippen molar-refractivity contribution < 1.29 is 4.18 Å². The molecule has 0 aliphatic rings. The van der Waals surface area contributed by atoms with E-state index in [0.717, 1.165) is 26.9 Å². The smallest absolute Gasteiger partial charge is 0.137 e. The van der Waals surface area contributed by atoms with E-state index in [9.17, 15) is 0 Å². The summed E-state index contributed by atoms with van der Waals surface area (Å²) in [5.74, 6) is 0. The fourth-order valence-electron chi connectivity index (χ4n) is 2.08. The van der Waals surface area contributed by atoms with E-state index in [1.54, 1.807) is 7.11 Å². The summed E-state index contributed by atoms with van der Waals surface area (Å²) in [5, 5.41) is 2.61. The first-order valence-corrected chi connectivity index (χ1v) is 7.26. The lowest BCUT2D eigenvalue weighted by Crippen LogP contribution is -1.86. The maximum Gasteiger partial charge on any atom is 0.137 e. The molecule has 2 nitrogen and oxygen atoms in total. The van der Waals surface area contributed by atoms with Gasteiger partial charge in [0.05, 0.1) is 12.8 Å². The van der Waals surface area contributed by atoms with Gasteiger partial charge < -0.3 is 4.18 Å². The molecule has 0 spiro atoms. The number of hydrogen-bond acceptors (Lipinski definition) is 3. The summed E-state index contributed by atoms with van der Waals surface area (Å²) >= 11 is 7.60. The van der Waals surface area contributed by atoms with Gasteiger partial charge in [0.15, 0.2) is 0 Å². The zero-order valence-electron chi connectivity index (χ0n) is 10.8. The summed E-state index contributed by atoms with van der Waals surface area (Å²) in [6, 6.07) is 18.1. The number of hydrogen-bond donors (Lipinski definition) is 0. The van der Waals surface area contributed by atoms with Crippen molar-refractivity contribution in [3.05, 3.63) is 59.8 Å². The minimum Gasteiger partial charge on any atom is -0.314 e. The SMILES string of the molecule is COSc1ccc(-c2cc3ccccc3c(Cl)n2)cc1. The van der Waals surface area contributed by atoms with E-state index >= 15 is 0 Å². The predicted molar refractivity (Wildman–Crippen MR) is 85.1 cm³/mol. The fourth-order valence-corrected chi connectivity index (χ4v) is 2.78. The van der Waals surface area contributed by atoms with Crippen molar-refractivity contribution >= 4 is 34.4 Å². The van der Waals surface area contributed by atoms with Crippen molar-refractivity contribution in [2.24, 2.45) is 0 Å². The van der Waals surface area contributed by atoms with Crippen LogP contribution in [0.4, 0.5) is 0 Å². The molecule has 1 aromatic heterocycles. The van der Waals surface area contributed by atoms with E-state index in [-0.39, 0.29) is 0 Å². The van der Waals surface area contributed by atoms with Crippen LogP contribution in [0.3, 0.4) is 0 Å². The number of benzene rings is 2. The Morgan fingerprint density at radius 1 is 1.05 bits per heavy atom. The molecule has 0 bridgehead atoms. The van der Waals surface area contributed by atoms with Gasteiger partial charge in [-0.1, -0.05) is 48.0 Å².